The van der Waals surface area contributed by atoms with Crippen LogP contribution in [0.4, 0.5) is 5.69 Å². The van der Waals surface area contributed by atoms with Crippen LogP contribution in [0.5, 0.6) is 0 Å². The molecule has 3 aromatic rings. The number of anilines is 1. The van der Waals surface area contributed by atoms with Crippen LogP contribution in [0.15, 0.2) is 59.5 Å². The molecule has 6 heteroatoms. The Labute approximate surface area is 129 Å². The van der Waals surface area contributed by atoms with E-state index in [2.05, 4.69) is 36.4 Å². The van der Waals surface area contributed by atoms with E-state index in [0.29, 0.717) is 10.2 Å². The van der Waals surface area contributed by atoms with Crippen LogP contribution in [0, 0.1) is 0 Å². The summed E-state index contributed by atoms with van der Waals surface area (Å²) in [4.78, 5) is 16.1. The van der Waals surface area contributed by atoms with Crippen molar-refractivity contribution in [3.63, 3.8) is 0 Å². The van der Waals surface area contributed by atoms with E-state index in [-0.39, 0.29) is 5.91 Å². The fourth-order valence-electron chi connectivity index (χ4n) is 1.86. The lowest BCUT2D eigenvalue weighted by atomic mass is 10.1. The highest BCUT2D eigenvalue weighted by molar-refractivity contribution is 9.10. The lowest BCUT2D eigenvalue weighted by Gasteiger charge is -2.06. The first-order valence-corrected chi connectivity index (χ1v) is 7.04. The fourth-order valence-corrected chi connectivity index (χ4v) is 2.10. The quantitative estimate of drug-likeness (QED) is 0.715. The SMILES string of the molecule is O=C(Nc1ccc(-c2ccn[nH]2)cc1)c1ccc(Br)nc1. The standard InChI is InChI=1S/C15H11BrN4O/c16-14-6-3-11(9-17-14)15(21)19-12-4-1-10(2-5-12)13-7-8-18-20-13/h1-9H,(H,18,20)(H,19,21). The van der Waals surface area contributed by atoms with Crippen LogP contribution in [-0.4, -0.2) is 21.1 Å². The van der Waals surface area contributed by atoms with Crippen LogP contribution in [0.2, 0.25) is 0 Å². The molecule has 3 rings (SSSR count). The van der Waals surface area contributed by atoms with Crippen molar-refractivity contribution in [2.45, 2.75) is 0 Å². The highest BCUT2D eigenvalue weighted by Gasteiger charge is 2.07. The third kappa shape index (κ3) is 3.17. The molecule has 2 N–H and O–H groups in total. The number of H-pyrrole nitrogens is 1. The van der Waals surface area contributed by atoms with Crippen molar-refractivity contribution >= 4 is 27.5 Å². The number of nitrogens with one attached hydrogen (secondary N) is 2. The average molecular weight is 343 g/mol. The molecule has 2 aromatic heterocycles. The lowest BCUT2D eigenvalue weighted by Crippen LogP contribution is -2.11. The van der Waals surface area contributed by atoms with Gasteiger partial charge in [-0.1, -0.05) is 12.1 Å². The van der Waals surface area contributed by atoms with Gasteiger partial charge < -0.3 is 5.32 Å². The summed E-state index contributed by atoms with van der Waals surface area (Å²) in [5, 5.41) is 9.64. The number of hydrogen-bond donors (Lipinski definition) is 2. The van der Waals surface area contributed by atoms with Crippen LogP contribution in [0.3, 0.4) is 0 Å². The monoisotopic (exact) mass is 342 g/mol. The summed E-state index contributed by atoms with van der Waals surface area (Å²) in [6.07, 6.45) is 3.23. The summed E-state index contributed by atoms with van der Waals surface area (Å²) >= 11 is 3.24. The smallest absolute Gasteiger partial charge is 0.257 e. The Balaban J connectivity index is 1.73. The highest BCUT2D eigenvalue weighted by Crippen LogP contribution is 2.19. The summed E-state index contributed by atoms with van der Waals surface area (Å²) in [6, 6.07) is 12.9. The molecule has 0 atom stereocenters. The average Bonchev–Trinajstić information content (AvgIpc) is 3.03. The molecule has 0 aliphatic heterocycles. The fraction of sp³-hybridized carbons (Fsp3) is 0. The minimum Gasteiger partial charge on any atom is -0.322 e. The molecule has 5 nitrogen and oxygen atoms in total. The summed E-state index contributed by atoms with van der Waals surface area (Å²) in [7, 11) is 0. The molecule has 0 saturated carbocycles. The van der Waals surface area contributed by atoms with E-state index in [4.69, 9.17) is 0 Å². The van der Waals surface area contributed by atoms with Gasteiger partial charge >= 0.3 is 0 Å². The molecule has 0 spiro atoms. The van der Waals surface area contributed by atoms with Gasteiger partial charge in [-0.15, -0.1) is 0 Å². The van der Waals surface area contributed by atoms with Gasteiger partial charge in [-0.05, 0) is 51.8 Å². The van der Waals surface area contributed by atoms with Gasteiger partial charge in [0.1, 0.15) is 4.60 Å². The largest absolute Gasteiger partial charge is 0.322 e. The lowest BCUT2D eigenvalue weighted by molar-refractivity contribution is 0.102. The summed E-state index contributed by atoms with van der Waals surface area (Å²) < 4.78 is 0.697. The Morgan fingerprint density at radius 1 is 1.10 bits per heavy atom. The number of rotatable bonds is 3. The zero-order valence-electron chi connectivity index (χ0n) is 10.9. The van der Waals surface area contributed by atoms with Crippen LogP contribution in [0.1, 0.15) is 10.4 Å². The number of pyridine rings is 1. The molecule has 0 radical (unpaired) electrons. The van der Waals surface area contributed by atoms with Crippen LogP contribution < -0.4 is 5.32 Å². The minimum atomic E-state index is -0.190. The van der Waals surface area contributed by atoms with Gasteiger partial charge in [0.2, 0.25) is 0 Å². The molecular formula is C15H11BrN4O. The number of aromatic amines is 1. The zero-order valence-corrected chi connectivity index (χ0v) is 12.5. The predicted molar refractivity (Wildman–Crippen MR) is 83.9 cm³/mol. The Morgan fingerprint density at radius 2 is 1.90 bits per heavy atom. The van der Waals surface area contributed by atoms with Gasteiger partial charge in [0.25, 0.3) is 5.91 Å². The molecule has 0 fully saturated rings. The van der Waals surface area contributed by atoms with Gasteiger partial charge in [-0.2, -0.15) is 5.10 Å². The Hall–Kier alpha value is -2.47. The van der Waals surface area contributed by atoms with E-state index in [9.17, 15) is 4.79 Å². The second-order valence-corrected chi connectivity index (χ2v) is 5.18. The maximum Gasteiger partial charge on any atom is 0.257 e. The highest BCUT2D eigenvalue weighted by atomic mass is 79.9. The Bertz CT molecular complexity index is 736. The molecule has 0 saturated heterocycles. The maximum atomic E-state index is 12.1. The van der Waals surface area contributed by atoms with Crippen molar-refractivity contribution in [2.24, 2.45) is 0 Å². The normalized spacial score (nSPS) is 10.3. The number of aromatic nitrogens is 3. The summed E-state index contributed by atoms with van der Waals surface area (Å²) in [6.45, 7) is 0. The molecule has 1 aromatic carbocycles. The molecule has 21 heavy (non-hydrogen) atoms. The first-order chi connectivity index (χ1) is 10.2. The number of nitrogens with zero attached hydrogens (tertiary/aromatic N) is 2. The van der Waals surface area contributed by atoms with Crippen molar-refractivity contribution in [1.82, 2.24) is 15.2 Å². The van der Waals surface area contributed by atoms with Gasteiger partial charge in [0.15, 0.2) is 0 Å². The number of hydrogen-bond acceptors (Lipinski definition) is 3. The third-order valence-electron chi connectivity index (χ3n) is 2.94. The number of halogens is 1. The number of amides is 1. The van der Waals surface area contributed by atoms with E-state index in [1.165, 1.54) is 6.20 Å². The minimum absolute atomic E-state index is 0.190. The van der Waals surface area contributed by atoms with Crippen molar-refractivity contribution < 1.29 is 4.79 Å². The van der Waals surface area contributed by atoms with Gasteiger partial charge in [0.05, 0.1) is 11.3 Å². The molecule has 0 aliphatic rings. The second kappa shape index (κ2) is 5.88. The topological polar surface area (TPSA) is 70.7 Å². The summed E-state index contributed by atoms with van der Waals surface area (Å²) in [5.74, 6) is -0.190. The van der Waals surface area contributed by atoms with Crippen LogP contribution in [-0.2, 0) is 0 Å². The van der Waals surface area contributed by atoms with Gasteiger partial charge in [-0.3, -0.25) is 9.89 Å². The first-order valence-electron chi connectivity index (χ1n) is 6.25. The Morgan fingerprint density at radius 3 is 2.52 bits per heavy atom. The zero-order chi connectivity index (χ0) is 14.7. The van der Waals surface area contributed by atoms with Crippen molar-refractivity contribution in [3.05, 3.63) is 65.0 Å². The van der Waals surface area contributed by atoms with Crippen molar-refractivity contribution in [3.8, 4) is 11.3 Å². The molecule has 104 valence electrons. The van der Waals surface area contributed by atoms with E-state index in [1.807, 2.05) is 30.3 Å². The molecule has 0 unspecified atom stereocenters. The first kappa shape index (κ1) is 13.5. The van der Waals surface area contributed by atoms with E-state index in [0.717, 1.165) is 16.9 Å². The summed E-state index contributed by atoms with van der Waals surface area (Å²) in [5.41, 5.74) is 3.18. The van der Waals surface area contributed by atoms with Gasteiger partial charge in [-0.25, -0.2) is 4.98 Å². The van der Waals surface area contributed by atoms with Crippen molar-refractivity contribution in [2.75, 3.05) is 5.32 Å². The van der Waals surface area contributed by atoms with Crippen LogP contribution in [0.25, 0.3) is 11.3 Å². The molecule has 1 amide bonds. The maximum absolute atomic E-state index is 12.1. The molecule has 2 heterocycles. The van der Waals surface area contributed by atoms with Crippen LogP contribution >= 0.6 is 15.9 Å². The third-order valence-corrected chi connectivity index (χ3v) is 3.41. The van der Waals surface area contributed by atoms with E-state index >= 15 is 0 Å². The van der Waals surface area contributed by atoms with Gasteiger partial charge in [0, 0.05) is 18.1 Å². The van der Waals surface area contributed by atoms with E-state index in [1.54, 1.807) is 18.3 Å². The molecule has 0 bridgehead atoms. The van der Waals surface area contributed by atoms with Crippen molar-refractivity contribution in [1.29, 1.82) is 0 Å². The molecule has 0 aliphatic carbocycles. The number of carbonyl (C=O) groups is 1. The predicted octanol–water partition coefficient (Wildman–Crippen LogP) is 3.49. The molecular weight excluding hydrogens is 332 g/mol. The number of carbonyl (C=O) groups excluding carboxylic acids is 1. The Kier molecular flexibility index (Phi) is 3.79. The van der Waals surface area contributed by atoms with E-state index < -0.39 is 0 Å². The second-order valence-electron chi connectivity index (χ2n) is 4.37. The number of benzene rings is 1.